The molecule has 0 bridgehead atoms. The van der Waals surface area contributed by atoms with Crippen molar-refractivity contribution in [3.8, 4) is 11.5 Å². The summed E-state index contributed by atoms with van der Waals surface area (Å²) in [6.45, 7) is 4.10. The molecule has 1 aromatic heterocycles. The molecule has 4 rings (SSSR count). The van der Waals surface area contributed by atoms with E-state index in [2.05, 4.69) is 0 Å². The van der Waals surface area contributed by atoms with Crippen molar-refractivity contribution in [2.45, 2.75) is 39.7 Å². The van der Waals surface area contributed by atoms with Crippen LogP contribution in [0.15, 0.2) is 66.7 Å². The quantitative estimate of drug-likeness (QED) is 0.113. The van der Waals surface area contributed by atoms with Gasteiger partial charge < -0.3 is 24.3 Å². The summed E-state index contributed by atoms with van der Waals surface area (Å²) in [7, 11) is 0. The number of hydrogen-bond acceptors (Lipinski definition) is 4. The largest absolute Gasteiger partial charge is 0.490 e. The Labute approximate surface area is 254 Å². The van der Waals surface area contributed by atoms with Gasteiger partial charge in [0.15, 0.2) is 0 Å². The fourth-order valence-corrected chi connectivity index (χ4v) is 5.15. The monoisotopic (exact) mass is 605 g/mol. The zero-order valence-corrected chi connectivity index (χ0v) is 24.7. The summed E-state index contributed by atoms with van der Waals surface area (Å²) in [6.07, 6.45) is 8.00. The maximum atomic E-state index is 15.1. The van der Waals surface area contributed by atoms with Crippen LogP contribution in [0.3, 0.4) is 0 Å². The van der Waals surface area contributed by atoms with Gasteiger partial charge in [-0.25, -0.2) is 4.39 Å². The molecule has 0 atom stereocenters. The predicted octanol–water partition coefficient (Wildman–Crippen LogP) is 7.73. The van der Waals surface area contributed by atoms with Gasteiger partial charge in [0.25, 0.3) is 0 Å². The van der Waals surface area contributed by atoms with Crippen LogP contribution in [0, 0.1) is 19.7 Å². The van der Waals surface area contributed by atoms with E-state index in [0.29, 0.717) is 70.3 Å². The van der Waals surface area contributed by atoms with E-state index in [4.69, 9.17) is 26.2 Å². The summed E-state index contributed by atoms with van der Waals surface area (Å²) >= 11 is 6.18. The summed E-state index contributed by atoms with van der Waals surface area (Å²) in [6, 6.07) is 16.1. The molecular weight excluding hydrogens is 573 g/mol. The highest BCUT2D eigenvalue weighted by molar-refractivity contribution is 6.32. The van der Waals surface area contributed by atoms with Crippen LogP contribution in [0.2, 0.25) is 5.02 Å². The second-order valence-electron chi connectivity index (χ2n) is 10.1. The molecule has 0 fully saturated rings. The second-order valence-corrected chi connectivity index (χ2v) is 10.5. The molecule has 9 heteroatoms. The van der Waals surface area contributed by atoms with Crippen molar-refractivity contribution in [2.75, 3.05) is 13.2 Å². The van der Waals surface area contributed by atoms with Gasteiger partial charge in [-0.3, -0.25) is 9.59 Å². The molecular formula is C34H33ClFNO6. The van der Waals surface area contributed by atoms with Crippen LogP contribution in [-0.4, -0.2) is 39.9 Å². The highest BCUT2D eigenvalue weighted by atomic mass is 35.5. The maximum Gasteiger partial charge on any atom is 0.323 e. The minimum Gasteiger partial charge on any atom is -0.490 e. The van der Waals surface area contributed by atoms with Gasteiger partial charge in [0.1, 0.15) is 37.1 Å². The van der Waals surface area contributed by atoms with Crippen LogP contribution >= 0.6 is 11.6 Å². The average Bonchev–Trinajstić information content (AvgIpc) is 3.23. The lowest BCUT2D eigenvalue weighted by Crippen LogP contribution is -2.10. The smallest absolute Gasteiger partial charge is 0.323 e. The molecule has 7 nitrogen and oxygen atoms in total. The van der Waals surface area contributed by atoms with Crippen molar-refractivity contribution >= 4 is 46.6 Å². The number of fused-ring (bicyclic) bond motifs is 1. The Morgan fingerprint density at radius 1 is 0.930 bits per heavy atom. The topological polar surface area (TPSA) is 98.0 Å². The van der Waals surface area contributed by atoms with Gasteiger partial charge in [-0.15, -0.1) is 0 Å². The molecule has 0 saturated carbocycles. The Morgan fingerprint density at radius 3 is 2.33 bits per heavy atom. The van der Waals surface area contributed by atoms with E-state index in [1.807, 2.05) is 73.7 Å². The fourth-order valence-electron chi connectivity index (χ4n) is 4.86. The van der Waals surface area contributed by atoms with Crippen LogP contribution < -0.4 is 9.47 Å². The molecule has 0 aliphatic rings. The van der Waals surface area contributed by atoms with Crippen molar-refractivity contribution in [3.05, 3.63) is 106 Å². The summed E-state index contributed by atoms with van der Waals surface area (Å²) in [4.78, 5) is 22.7. The van der Waals surface area contributed by atoms with E-state index in [0.717, 1.165) is 11.1 Å². The first kappa shape index (κ1) is 31.4. The number of benzene rings is 3. The molecule has 224 valence electrons. The molecule has 4 aromatic rings. The van der Waals surface area contributed by atoms with Gasteiger partial charge in [-0.1, -0.05) is 42.0 Å². The normalized spacial score (nSPS) is 11.5. The lowest BCUT2D eigenvalue weighted by Gasteiger charge is -2.08. The molecule has 0 amide bonds. The number of hydrogen-bond donors (Lipinski definition) is 2. The van der Waals surface area contributed by atoms with E-state index < -0.39 is 17.8 Å². The first-order valence-electron chi connectivity index (χ1n) is 13.8. The fraction of sp³-hybridized carbons (Fsp3) is 0.235. The number of ether oxygens (including phenoxy) is 2. The number of rotatable bonds is 14. The van der Waals surface area contributed by atoms with Crippen LogP contribution in [0.25, 0.3) is 23.1 Å². The Balaban J connectivity index is 1.43. The number of aliphatic carboxylic acids is 2. The second kappa shape index (κ2) is 14.6. The van der Waals surface area contributed by atoms with Crippen molar-refractivity contribution in [1.29, 1.82) is 0 Å². The predicted molar refractivity (Wildman–Crippen MR) is 167 cm³/mol. The van der Waals surface area contributed by atoms with Gasteiger partial charge in [-0.05, 0) is 97.5 Å². The zero-order chi connectivity index (χ0) is 30.9. The van der Waals surface area contributed by atoms with Crippen LogP contribution in [-0.2, 0) is 22.6 Å². The summed E-state index contributed by atoms with van der Waals surface area (Å²) in [5.41, 5.74) is 4.32. The third kappa shape index (κ3) is 8.26. The minimum absolute atomic E-state index is 0.0555. The van der Waals surface area contributed by atoms with Crippen molar-refractivity contribution < 1.29 is 33.7 Å². The van der Waals surface area contributed by atoms with Crippen LogP contribution in [0.4, 0.5) is 4.39 Å². The van der Waals surface area contributed by atoms with E-state index in [1.54, 1.807) is 17.6 Å². The van der Waals surface area contributed by atoms with Crippen LogP contribution in [0.1, 0.15) is 40.8 Å². The number of nitrogens with zero attached hydrogens (tertiary/aromatic N) is 1. The Morgan fingerprint density at radius 2 is 1.65 bits per heavy atom. The standard InChI is InChI=1S/C34H33ClFNO6/c1-22-8-17-30(28(35)20-22)43-19-4-3-18-42-26-14-10-24(11-15-26)9-12-25-13-16-29(36)33-27(6-5-7-31(38)39)23(2)37(34(25)33)21-32(40)41/h3-4,8-17,20H,5-7,18-19,21H2,1-2H3,(H,38,39)(H,40,41)/b4-3+,12-9?. The van der Waals surface area contributed by atoms with Gasteiger partial charge in [0.05, 0.1) is 10.5 Å². The average molecular weight is 606 g/mol. The first-order valence-corrected chi connectivity index (χ1v) is 14.2. The highest BCUT2D eigenvalue weighted by Gasteiger charge is 2.21. The molecule has 1 heterocycles. The summed E-state index contributed by atoms with van der Waals surface area (Å²) in [5.74, 6) is -1.14. The van der Waals surface area contributed by atoms with Crippen molar-refractivity contribution in [1.82, 2.24) is 4.57 Å². The molecule has 0 radical (unpaired) electrons. The number of aromatic nitrogens is 1. The number of halogens is 2. The van der Waals surface area contributed by atoms with Gasteiger partial charge >= 0.3 is 11.9 Å². The molecule has 2 N–H and O–H groups in total. The van der Waals surface area contributed by atoms with Gasteiger partial charge in [-0.2, -0.15) is 0 Å². The molecule has 0 aliphatic carbocycles. The minimum atomic E-state index is -1.05. The Hall–Kier alpha value is -4.56. The van der Waals surface area contributed by atoms with Crippen molar-refractivity contribution in [2.24, 2.45) is 0 Å². The number of carbonyl (C=O) groups is 2. The summed E-state index contributed by atoms with van der Waals surface area (Å²) in [5, 5.41) is 19.5. The number of aryl methyl sites for hydroxylation is 2. The lowest BCUT2D eigenvalue weighted by molar-refractivity contribution is -0.138. The molecule has 43 heavy (non-hydrogen) atoms. The van der Waals surface area contributed by atoms with E-state index >= 15 is 4.39 Å². The number of carboxylic acid groups (broad SMARTS) is 2. The molecule has 0 spiro atoms. The third-order valence-electron chi connectivity index (χ3n) is 6.95. The Kier molecular flexibility index (Phi) is 10.6. The molecule has 3 aromatic carbocycles. The lowest BCUT2D eigenvalue weighted by atomic mass is 10.0. The van der Waals surface area contributed by atoms with Gasteiger partial charge in [0.2, 0.25) is 0 Å². The first-order chi connectivity index (χ1) is 20.6. The highest BCUT2D eigenvalue weighted by Crippen LogP contribution is 2.33. The molecule has 0 unspecified atom stereocenters. The third-order valence-corrected chi connectivity index (χ3v) is 7.25. The summed E-state index contributed by atoms with van der Waals surface area (Å²) < 4.78 is 28.1. The van der Waals surface area contributed by atoms with Gasteiger partial charge in [0, 0.05) is 17.5 Å². The van der Waals surface area contributed by atoms with Crippen molar-refractivity contribution in [3.63, 3.8) is 0 Å². The maximum absolute atomic E-state index is 15.1. The molecule has 0 aliphatic heterocycles. The molecule has 0 saturated heterocycles. The van der Waals surface area contributed by atoms with E-state index in [-0.39, 0.29) is 13.0 Å². The zero-order valence-electron chi connectivity index (χ0n) is 24.0. The van der Waals surface area contributed by atoms with E-state index in [1.165, 1.54) is 6.07 Å². The Bertz CT molecular complexity index is 1670. The van der Waals surface area contributed by atoms with E-state index in [9.17, 15) is 14.7 Å². The number of carboxylic acids is 2. The van der Waals surface area contributed by atoms with Crippen LogP contribution in [0.5, 0.6) is 11.5 Å². The SMILES string of the molecule is Cc1ccc(OC/C=C/COc2ccc(C=Cc3ccc(F)c4c(CCCC(=O)O)c(C)n(CC(=O)O)c34)cc2)c(Cl)c1.